The van der Waals surface area contributed by atoms with E-state index in [1.54, 1.807) is 18.5 Å². The molecule has 4 nitrogen and oxygen atoms in total. The number of rotatable bonds is 2. The van der Waals surface area contributed by atoms with Crippen molar-refractivity contribution in [3.63, 3.8) is 0 Å². The van der Waals surface area contributed by atoms with Crippen LogP contribution in [0, 0.1) is 25.2 Å². The number of pyridine rings is 1. The Balaban J connectivity index is 2.38. The largest absolute Gasteiger partial charge is 0.292 e. The van der Waals surface area contributed by atoms with Crippen LogP contribution in [0.25, 0.3) is 0 Å². The summed E-state index contributed by atoms with van der Waals surface area (Å²) in [6, 6.07) is 7.86. The Bertz CT molecular complexity index is 529. The number of anilines is 1. The van der Waals surface area contributed by atoms with Crippen LogP contribution >= 0.6 is 0 Å². The van der Waals surface area contributed by atoms with Crippen molar-refractivity contribution in [2.75, 3.05) is 5.43 Å². The zero-order chi connectivity index (χ0) is 11.5. The maximum Gasteiger partial charge on any atom is 0.101 e. The molecule has 1 N–H and O–H groups in total. The van der Waals surface area contributed by atoms with Crippen LogP contribution in [0.15, 0.2) is 30.6 Å². The van der Waals surface area contributed by atoms with Gasteiger partial charge in [-0.15, -0.1) is 0 Å². The molecule has 0 spiro atoms. The summed E-state index contributed by atoms with van der Waals surface area (Å²) in [5.41, 5.74) is 6.65. The van der Waals surface area contributed by atoms with E-state index in [1.807, 2.05) is 30.7 Å². The summed E-state index contributed by atoms with van der Waals surface area (Å²) < 4.78 is 1.93. The first-order valence-corrected chi connectivity index (χ1v) is 4.98. The SMILES string of the molecule is Cc1ccc(C)n1Nc1cnccc1C#N. The summed E-state index contributed by atoms with van der Waals surface area (Å²) in [7, 11) is 0. The van der Waals surface area contributed by atoms with Crippen LogP contribution in [0.4, 0.5) is 5.69 Å². The number of hydrogen-bond donors (Lipinski definition) is 1. The third-order valence-electron chi connectivity index (χ3n) is 2.44. The summed E-state index contributed by atoms with van der Waals surface area (Å²) >= 11 is 0. The van der Waals surface area contributed by atoms with Gasteiger partial charge in [-0.1, -0.05) is 0 Å². The lowest BCUT2D eigenvalue weighted by Gasteiger charge is -2.12. The summed E-state index contributed by atoms with van der Waals surface area (Å²) in [6.45, 7) is 4.00. The summed E-state index contributed by atoms with van der Waals surface area (Å²) in [6.07, 6.45) is 3.26. The lowest BCUT2D eigenvalue weighted by atomic mass is 10.2. The van der Waals surface area contributed by atoms with Gasteiger partial charge < -0.3 is 0 Å². The first-order valence-electron chi connectivity index (χ1n) is 4.98. The standard InChI is InChI=1S/C12H12N4/c1-9-3-4-10(2)16(9)15-12-8-14-6-5-11(12)7-13/h3-6,8,15H,1-2H3. The first kappa shape index (κ1) is 10.2. The number of nitrogens with zero attached hydrogens (tertiary/aromatic N) is 3. The normalized spacial score (nSPS) is 9.81. The van der Waals surface area contributed by atoms with Crippen molar-refractivity contribution in [2.45, 2.75) is 13.8 Å². The van der Waals surface area contributed by atoms with Crippen LogP contribution in [-0.2, 0) is 0 Å². The minimum Gasteiger partial charge on any atom is -0.292 e. The minimum atomic E-state index is 0.586. The highest BCUT2D eigenvalue weighted by Gasteiger charge is 2.04. The van der Waals surface area contributed by atoms with Gasteiger partial charge in [0.1, 0.15) is 6.07 Å². The highest BCUT2D eigenvalue weighted by atomic mass is 15.4. The molecule has 0 aliphatic heterocycles. The quantitative estimate of drug-likeness (QED) is 0.830. The molecule has 2 heterocycles. The van der Waals surface area contributed by atoms with Gasteiger partial charge in [-0.25, -0.2) is 0 Å². The molecule has 0 bridgehead atoms. The maximum absolute atomic E-state index is 8.96. The molecule has 2 rings (SSSR count). The van der Waals surface area contributed by atoms with Gasteiger partial charge in [-0.3, -0.25) is 15.1 Å². The third kappa shape index (κ3) is 1.75. The van der Waals surface area contributed by atoms with Crippen LogP contribution < -0.4 is 5.43 Å². The highest BCUT2D eigenvalue weighted by Crippen LogP contribution is 2.14. The molecule has 0 aromatic carbocycles. The van der Waals surface area contributed by atoms with Gasteiger partial charge in [0, 0.05) is 17.6 Å². The van der Waals surface area contributed by atoms with Gasteiger partial charge in [0.15, 0.2) is 0 Å². The Kier molecular flexibility index (Phi) is 2.61. The molecule has 0 unspecified atom stereocenters. The molecule has 80 valence electrons. The predicted molar refractivity (Wildman–Crippen MR) is 61.9 cm³/mol. The summed E-state index contributed by atoms with van der Waals surface area (Å²) in [4.78, 5) is 4.01. The fourth-order valence-electron chi connectivity index (χ4n) is 1.55. The molecule has 0 amide bonds. The summed E-state index contributed by atoms with van der Waals surface area (Å²) in [5.74, 6) is 0. The van der Waals surface area contributed by atoms with Crippen LogP contribution in [0.3, 0.4) is 0 Å². The fourth-order valence-corrected chi connectivity index (χ4v) is 1.55. The van der Waals surface area contributed by atoms with Crippen LogP contribution in [-0.4, -0.2) is 9.66 Å². The smallest absolute Gasteiger partial charge is 0.101 e. The molecule has 0 radical (unpaired) electrons. The van der Waals surface area contributed by atoms with Crippen molar-refractivity contribution in [1.82, 2.24) is 9.66 Å². The number of aromatic nitrogens is 2. The molecule has 0 aliphatic rings. The number of nitrogens with one attached hydrogen (secondary N) is 1. The fraction of sp³-hybridized carbons (Fsp3) is 0.167. The molecule has 0 aliphatic carbocycles. The molecule has 0 saturated heterocycles. The van der Waals surface area contributed by atoms with Crippen molar-refractivity contribution in [3.8, 4) is 6.07 Å². The Labute approximate surface area is 94.1 Å². The van der Waals surface area contributed by atoms with E-state index in [0.29, 0.717) is 11.3 Å². The molecule has 16 heavy (non-hydrogen) atoms. The number of nitriles is 1. The van der Waals surface area contributed by atoms with E-state index in [4.69, 9.17) is 5.26 Å². The topological polar surface area (TPSA) is 53.6 Å². The molecule has 2 aromatic rings. The van der Waals surface area contributed by atoms with E-state index in [2.05, 4.69) is 16.5 Å². The van der Waals surface area contributed by atoms with E-state index in [9.17, 15) is 0 Å². The molecule has 0 fully saturated rings. The average molecular weight is 212 g/mol. The monoisotopic (exact) mass is 212 g/mol. The van der Waals surface area contributed by atoms with Gasteiger partial charge in [-0.2, -0.15) is 5.26 Å². The van der Waals surface area contributed by atoms with E-state index >= 15 is 0 Å². The van der Waals surface area contributed by atoms with E-state index in [-0.39, 0.29) is 0 Å². The lowest BCUT2D eigenvalue weighted by Crippen LogP contribution is -2.13. The average Bonchev–Trinajstić information content (AvgIpc) is 2.61. The van der Waals surface area contributed by atoms with Crippen molar-refractivity contribution in [1.29, 1.82) is 5.26 Å². The van der Waals surface area contributed by atoms with E-state index in [1.165, 1.54) is 0 Å². The highest BCUT2D eigenvalue weighted by molar-refractivity contribution is 5.55. The van der Waals surface area contributed by atoms with Crippen LogP contribution in [0.2, 0.25) is 0 Å². The van der Waals surface area contributed by atoms with Gasteiger partial charge in [0.2, 0.25) is 0 Å². The minimum absolute atomic E-state index is 0.586. The Morgan fingerprint density at radius 3 is 2.56 bits per heavy atom. The second-order valence-electron chi connectivity index (χ2n) is 3.60. The molecule has 4 heteroatoms. The van der Waals surface area contributed by atoms with Crippen molar-refractivity contribution >= 4 is 5.69 Å². The van der Waals surface area contributed by atoms with Crippen LogP contribution in [0.1, 0.15) is 17.0 Å². The van der Waals surface area contributed by atoms with Crippen molar-refractivity contribution in [2.24, 2.45) is 0 Å². The molecule has 0 saturated carbocycles. The van der Waals surface area contributed by atoms with Crippen molar-refractivity contribution < 1.29 is 0 Å². The second-order valence-corrected chi connectivity index (χ2v) is 3.60. The number of aryl methyl sites for hydroxylation is 2. The molecule has 2 aromatic heterocycles. The zero-order valence-corrected chi connectivity index (χ0v) is 9.23. The van der Waals surface area contributed by atoms with Gasteiger partial charge >= 0.3 is 0 Å². The van der Waals surface area contributed by atoms with Crippen molar-refractivity contribution in [3.05, 3.63) is 47.5 Å². The molecular formula is C12H12N4. The zero-order valence-electron chi connectivity index (χ0n) is 9.23. The van der Waals surface area contributed by atoms with Gasteiger partial charge in [0.05, 0.1) is 17.4 Å². The predicted octanol–water partition coefficient (Wildman–Crippen LogP) is 2.25. The lowest BCUT2D eigenvalue weighted by molar-refractivity contribution is 0.878. The maximum atomic E-state index is 8.96. The Morgan fingerprint density at radius 1 is 1.25 bits per heavy atom. The van der Waals surface area contributed by atoms with E-state index < -0.39 is 0 Å². The second kappa shape index (κ2) is 4.07. The van der Waals surface area contributed by atoms with Gasteiger partial charge in [0.25, 0.3) is 0 Å². The first-order chi connectivity index (χ1) is 7.72. The molecular weight excluding hydrogens is 200 g/mol. The Hall–Kier alpha value is -2.28. The summed E-state index contributed by atoms with van der Waals surface area (Å²) in [5, 5.41) is 8.96. The third-order valence-corrected chi connectivity index (χ3v) is 2.44. The Morgan fingerprint density at radius 2 is 1.94 bits per heavy atom. The molecule has 0 atom stereocenters. The number of hydrogen-bond acceptors (Lipinski definition) is 3. The van der Waals surface area contributed by atoms with E-state index in [0.717, 1.165) is 11.4 Å². The van der Waals surface area contributed by atoms with Crippen LogP contribution in [0.5, 0.6) is 0 Å². The van der Waals surface area contributed by atoms with Gasteiger partial charge in [-0.05, 0) is 32.0 Å².